The third-order valence-electron chi connectivity index (χ3n) is 3.71. The van der Waals surface area contributed by atoms with Gasteiger partial charge in [-0.15, -0.1) is 5.10 Å². The molecule has 0 aliphatic carbocycles. The first-order valence-electron chi connectivity index (χ1n) is 7.86. The van der Waals surface area contributed by atoms with E-state index in [0.717, 1.165) is 17.0 Å². The van der Waals surface area contributed by atoms with Gasteiger partial charge in [-0.3, -0.25) is 19.5 Å². The zero-order chi connectivity index (χ0) is 17.1. The molecule has 0 fully saturated rings. The lowest BCUT2D eigenvalue weighted by molar-refractivity contribution is 0.102. The van der Waals surface area contributed by atoms with Gasteiger partial charge in [-0.25, -0.2) is 4.98 Å². The second-order valence-electron chi connectivity index (χ2n) is 5.66. The number of carbonyl (C=O) groups excluding carboxylic acids is 1. The summed E-state index contributed by atoms with van der Waals surface area (Å²) >= 11 is 0. The number of anilines is 1. The number of hydrogen-bond acceptors (Lipinski definition) is 4. The summed E-state index contributed by atoms with van der Waals surface area (Å²) in [5, 5.41) is 11.3. The molecule has 0 unspecified atom stereocenters. The van der Waals surface area contributed by atoms with Crippen LogP contribution in [0, 0.1) is 13.8 Å². The van der Waals surface area contributed by atoms with Crippen LogP contribution in [0.1, 0.15) is 34.2 Å². The van der Waals surface area contributed by atoms with Gasteiger partial charge in [0, 0.05) is 17.8 Å². The molecule has 1 N–H and O–H groups in total. The monoisotopic (exact) mass is 324 g/mol. The molecule has 124 valence electrons. The van der Waals surface area contributed by atoms with E-state index in [9.17, 15) is 4.79 Å². The summed E-state index contributed by atoms with van der Waals surface area (Å²) in [5.74, 6) is 0.0878. The van der Waals surface area contributed by atoms with E-state index in [1.54, 1.807) is 17.1 Å². The van der Waals surface area contributed by atoms with Crippen LogP contribution in [0.3, 0.4) is 0 Å². The summed E-state index contributed by atoms with van der Waals surface area (Å²) in [7, 11) is 0. The molecule has 0 saturated heterocycles. The lowest BCUT2D eigenvalue weighted by Gasteiger charge is -2.07. The Hall–Kier alpha value is -2.96. The zero-order valence-electron chi connectivity index (χ0n) is 14.0. The van der Waals surface area contributed by atoms with Crippen LogP contribution < -0.4 is 5.32 Å². The van der Waals surface area contributed by atoms with Gasteiger partial charge in [-0.2, -0.15) is 5.10 Å². The molecule has 7 nitrogen and oxygen atoms in total. The average Bonchev–Trinajstić information content (AvgIpc) is 3.14. The molecule has 0 aliphatic heterocycles. The molecule has 24 heavy (non-hydrogen) atoms. The van der Waals surface area contributed by atoms with Crippen molar-refractivity contribution in [2.24, 2.45) is 0 Å². The molecule has 1 aromatic carbocycles. The average molecular weight is 324 g/mol. The number of benzene rings is 1. The number of aromatic nitrogens is 5. The SMILES string of the molecule is CCn1cnc(NC(=O)c2cccc(Cn3nc(C)cc3C)c2)n1. The van der Waals surface area contributed by atoms with E-state index in [0.29, 0.717) is 24.6 Å². The molecule has 0 aliphatic rings. The maximum absolute atomic E-state index is 12.4. The van der Waals surface area contributed by atoms with Crippen LogP contribution in [0.2, 0.25) is 0 Å². The fourth-order valence-electron chi connectivity index (χ4n) is 2.50. The molecule has 0 bridgehead atoms. The highest BCUT2D eigenvalue weighted by Crippen LogP contribution is 2.11. The van der Waals surface area contributed by atoms with Crippen molar-refractivity contribution in [1.29, 1.82) is 0 Å². The molecule has 0 spiro atoms. The van der Waals surface area contributed by atoms with Gasteiger partial charge < -0.3 is 0 Å². The summed E-state index contributed by atoms with van der Waals surface area (Å²) < 4.78 is 3.59. The van der Waals surface area contributed by atoms with Crippen molar-refractivity contribution in [3.8, 4) is 0 Å². The molecular weight excluding hydrogens is 304 g/mol. The summed E-state index contributed by atoms with van der Waals surface area (Å²) in [6.07, 6.45) is 1.59. The van der Waals surface area contributed by atoms with Gasteiger partial charge >= 0.3 is 0 Å². The fourth-order valence-corrected chi connectivity index (χ4v) is 2.50. The van der Waals surface area contributed by atoms with Gasteiger partial charge in [0.25, 0.3) is 5.91 Å². The molecule has 3 rings (SSSR count). The minimum atomic E-state index is -0.223. The van der Waals surface area contributed by atoms with Crippen molar-refractivity contribution >= 4 is 11.9 Å². The van der Waals surface area contributed by atoms with Crippen molar-refractivity contribution < 1.29 is 4.79 Å². The van der Waals surface area contributed by atoms with E-state index in [4.69, 9.17) is 0 Å². The second kappa shape index (κ2) is 6.66. The first-order valence-corrected chi connectivity index (χ1v) is 7.86. The first-order chi connectivity index (χ1) is 11.5. The third-order valence-corrected chi connectivity index (χ3v) is 3.71. The van der Waals surface area contributed by atoms with Crippen molar-refractivity contribution in [1.82, 2.24) is 24.5 Å². The predicted octanol–water partition coefficient (Wildman–Crippen LogP) is 2.41. The Kier molecular flexibility index (Phi) is 4.41. The Morgan fingerprint density at radius 1 is 1.21 bits per heavy atom. The van der Waals surface area contributed by atoms with Gasteiger partial charge in [0.15, 0.2) is 0 Å². The van der Waals surface area contributed by atoms with E-state index in [1.807, 2.05) is 49.7 Å². The molecule has 0 saturated carbocycles. The highest BCUT2D eigenvalue weighted by atomic mass is 16.1. The lowest BCUT2D eigenvalue weighted by Crippen LogP contribution is -2.14. The van der Waals surface area contributed by atoms with Crippen LogP contribution >= 0.6 is 0 Å². The highest BCUT2D eigenvalue weighted by Gasteiger charge is 2.10. The van der Waals surface area contributed by atoms with Gasteiger partial charge in [-0.1, -0.05) is 12.1 Å². The Bertz CT molecular complexity index is 864. The number of rotatable bonds is 5. The quantitative estimate of drug-likeness (QED) is 0.782. The van der Waals surface area contributed by atoms with Crippen LogP contribution in [0.5, 0.6) is 0 Å². The van der Waals surface area contributed by atoms with Gasteiger partial charge in [0.05, 0.1) is 12.2 Å². The second-order valence-corrected chi connectivity index (χ2v) is 5.66. The van der Waals surface area contributed by atoms with Crippen LogP contribution in [-0.4, -0.2) is 30.5 Å². The number of carbonyl (C=O) groups is 1. The maximum atomic E-state index is 12.4. The molecule has 2 heterocycles. The molecule has 1 amide bonds. The number of nitrogens with zero attached hydrogens (tertiary/aromatic N) is 5. The fraction of sp³-hybridized carbons (Fsp3) is 0.294. The standard InChI is InChI=1S/C17H20N6O/c1-4-22-11-18-17(21-22)19-16(24)15-7-5-6-14(9-15)10-23-13(3)8-12(2)20-23/h5-9,11H,4,10H2,1-3H3,(H,19,21,24). The maximum Gasteiger partial charge on any atom is 0.258 e. The number of amides is 1. The van der Waals surface area contributed by atoms with E-state index in [2.05, 4.69) is 20.5 Å². The van der Waals surface area contributed by atoms with Crippen molar-refractivity contribution in [2.75, 3.05) is 5.32 Å². The number of nitrogens with one attached hydrogen (secondary N) is 1. The Morgan fingerprint density at radius 3 is 2.71 bits per heavy atom. The van der Waals surface area contributed by atoms with Crippen LogP contribution in [0.4, 0.5) is 5.95 Å². The lowest BCUT2D eigenvalue weighted by atomic mass is 10.1. The molecule has 0 radical (unpaired) electrons. The Balaban J connectivity index is 1.74. The molecule has 7 heteroatoms. The minimum Gasteiger partial charge on any atom is -0.289 e. The van der Waals surface area contributed by atoms with Crippen molar-refractivity contribution in [2.45, 2.75) is 33.9 Å². The van der Waals surface area contributed by atoms with Gasteiger partial charge in [-0.05, 0) is 44.5 Å². The van der Waals surface area contributed by atoms with E-state index in [-0.39, 0.29) is 5.91 Å². The first kappa shape index (κ1) is 15.9. The van der Waals surface area contributed by atoms with Crippen LogP contribution in [0.15, 0.2) is 36.7 Å². The molecule has 2 aromatic heterocycles. The normalized spacial score (nSPS) is 10.8. The topological polar surface area (TPSA) is 77.6 Å². The van der Waals surface area contributed by atoms with Gasteiger partial charge in [0.2, 0.25) is 5.95 Å². The summed E-state index contributed by atoms with van der Waals surface area (Å²) in [6.45, 7) is 7.29. The summed E-state index contributed by atoms with van der Waals surface area (Å²) in [6, 6.07) is 9.52. The van der Waals surface area contributed by atoms with Crippen LogP contribution in [0.25, 0.3) is 0 Å². The van der Waals surface area contributed by atoms with Gasteiger partial charge in [0.1, 0.15) is 6.33 Å². The van der Waals surface area contributed by atoms with Crippen LogP contribution in [-0.2, 0) is 13.1 Å². The van der Waals surface area contributed by atoms with Crippen molar-refractivity contribution in [3.63, 3.8) is 0 Å². The minimum absolute atomic E-state index is 0.223. The summed E-state index contributed by atoms with van der Waals surface area (Å²) in [5.41, 5.74) is 3.67. The Morgan fingerprint density at radius 2 is 2.04 bits per heavy atom. The predicted molar refractivity (Wildman–Crippen MR) is 90.9 cm³/mol. The number of aryl methyl sites for hydroxylation is 3. The largest absolute Gasteiger partial charge is 0.289 e. The zero-order valence-corrected chi connectivity index (χ0v) is 14.0. The highest BCUT2D eigenvalue weighted by molar-refractivity contribution is 6.03. The smallest absolute Gasteiger partial charge is 0.258 e. The third kappa shape index (κ3) is 3.51. The molecule has 3 aromatic rings. The summed E-state index contributed by atoms with van der Waals surface area (Å²) in [4.78, 5) is 16.4. The molecule has 0 atom stereocenters. The van der Waals surface area contributed by atoms with E-state index < -0.39 is 0 Å². The Labute approximate surface area is 140 Å². The van der Waals surface area contributed by atoms with Crippen molar-refractivity contribution in [3.05, 3.63) is 59.2 Å². The molecular formula is C17H20N6O. The van der Waals surface area contributed by atoms with E-state index >= 15 is 0 Å². The van der Waals surface area contributed by atoms with E-state index in [1.165, 1.54) is 0 Å². The number of hydrogen-bond donors (Lipinski definition) is 1.